The number of nitrogens with zero attached hydrogens (tertiary/aromatic N) is 1. The van der Waals surface area contributed by atoms with E-state index in [4.69, 9.17) is 9.79 Å². The van der Waals surface area contributed by atoms with E-state index in [9.17, 15) is 4.57 Å². The van der Waals surface area contributed by atoms with E-state index in [0.717, 1.165) is 32.4 Å². The number of piperidine rings is 1. The first-order valence-electron chi connectivity index (χ1n) is 4.41. The molecule has 1 aliphatic rings. The Bertz CT molecular complexity index is 187. The van der Waals surface area contributed by atoms with Crippen LogP contribution in [0.15, 0.2) is 0 Å². The summed E-state index contributed by atoms with van der Waals surface area (Å²) in [5.41, 5.74) is 0. The highest BCUT2D eigenvalue weighted by Crippen LogP contribution is 2.36. The quantitative estimate of drug-likeness (QED) is 0.659. The molecular weight excluding hydrogens is 193 g/mol. The van der Waals surface area contributed by atoms with E-state index in [1.165, 1.54) is 0 Å². The molecule has 1 radical (unpaired) electrons. The maximum absolute atomic E-state index is 10.3. The zero-order valence-corrected chi connectivity index (χ0v) is 8.32. The van der Waals surface area contributed by atoms with E-state index in [-0.39, 0.29) is 6.61 Å². The van der Waals surface area contributed by atoms with Gasteiger partial charge >= 0.3 is 7.82 Å². The number of hydrogen-bond donors (Lipinski definition) is 2. The SMILES string of the molecule is O=P(O)(O)OCCC1CC[N]CC1. The summed E-state index contributed by atoms with van der Waals surface area (Å²) in [6.07, 6.45) is 2.76. The zero-order chi connectivity index (χ0) is 9.73. The van der Waals surface area contributed by atoms with Gasteiger partial charge in [-0.25, -0.2) is 9.88 Å². The van der Waals surface area contributed by atoms with Crippen LogP contribution in [0.25, 0.3) is 0 Å². The summed E-state index contributed by atoms with van der Waals surface area (Å²) in [6.45, 7) is 1.90. The topological polar surface area (TPSA) is 80.9 Å². The van der Waals surface area contributed by atoms with Gasteiger partial charge < -0.3 is 9.79 Å². The molecule has 1 saturated heterocycles. The van der Waals surface area contributed by atoms with E-state index in [1.54, 1.807) is 0 Å². The Morgan fingerprint density at radius 3 is 2.54 bits per heavy atom. The summed E-state index contributed by atoms with van der Waals surface area (Å²) in [7, 11) is -4.26. The third kappa shape index (κ3) is 5.39. The van der Waals surface area contributed by atoms with Crippen molar-refractivity contribution in [3.63, 3.8) is 0 Å². The molecule has 1 heterocycles. The van der Waals surface area contributed by atoms with Gasteiger partial charge in [-0.05, 0) is 25.2 Å². The smallest absolute Gasteiger partial charge is 0.303 e. The standard InChI is InChI=1S/C7H15NO4P/c9-13(10,11)12-6-3-7-1-4-8-5-2-7/h7H,1-6H2,(H2,9,10,11). The Morgan fingerprint density at radius 1 is 1.38 bits per heavy atom. The molecule has 13 heavy (non-hydrogen) atoms. The van der Waals surface area contributed by atoms with Crippen LogP contribution < -0.4 is 5.32 Å². The summed E-state index contributed by atoms with van der Waals surface area (Å²) in [6, 6.07) is 0. The van der Waals surface area contributed by atoms with Gasteiger partial charge in [0.05, 0.1) is 6.61 Å². The van der Waals surface area contributed by atoms with Gasteiger partial charge in [-0.1, -0.05) is 0 Å². The maximum atomic E-state index is 10.3. The summed E-state index contributed by atoms with van der Waals surface area (Å²) < 4.78 is 14.7. The van der Waals surface area contributed by atoms with Crippen molar-refractivity contribution in [2.24, 2.45) is 5.92 Å². The van der Waals surface area contributed by atoms with Crippen LogP contribution in [0.4, 0.5) is 0 Å². The maximum Gasteiger partial charge on any atom is 0.469 e. The fourth-order valence-corrected chi connectivity index (χ4v) is 1.77. The number of hydrogen-bond acceptors (Lipinski definition) is 2. The predicted molar refractivity (Wildman–Crippen MR) is 47.2 cm³/mol. The Morgan fingerprint density at radius 2 is 2.00 bits per heavy atom. The Labute approximate surface area is 77.7 Å². The molecule has 0 aromatic carbocycles. The summed E-state index contributed by atoms with van der Waals surface area (Å²) in [4.78, 5) is 16.8. The van der Waals surface area contributed by atoms with Crippen molar-refractivity contribution in [2.75, 3.05) is 19.7 Å². The summed E-state index contributed by atoms with van der Waals surface area (Å²) >= 11 is 0. The normalized spacial score (nSPS) is 20.5. The average molecular weight is 208 g/mol. The van der Waals surface area contributed by atoms with E-state index in [0.29, 0.717) is 5.92 Å². The molecule has 2 N–H and O–H groups in total. The molecule has 0 atom stereocenters. The lowest BCUT2D eigenvalue weighted by Gasteiger charge is -2.21. The molecule has 6 heteroatoms. The van der Waals surface area contributed by atoms with Crippen LogP contribution in [0.1, 0.15) is 19.3 Å². The van der Waals surface area contributed by atoms with E-state index < -0.39 is 7.82 Å². The van der Waals surface area contributed by atoms with Gasteiger partial charge in [0.1, 0.15) is 0 Å². The largest absolute Gasteiger partial charge is 0.469 e. The molecule has 1 fully saturated rings. The van der Waals surface area contributed by atoms with Crippen molar-refractivity contribution in [2.45, 2.75) is 19.3 Å². The first kappa shape index (κ1) is 11.1. The molecule has 0 amide bonds. The summed E-state index contributed by atoms with van der Waals surface area (Å²) in [5, 5.41) is 4.19. The van der Waals surface area contributed by atoms with Crippen LogP contribution in [0.5, 0.6) is 0 Å². The minimum Gasteiger partial charge on any atom is -0.303 e. The zero-order valence-electron chi connectivity index (χ0n) is 7.43. The van der Waals surface area contributed by atoms with Crippen molar-refractivity contribution < 1.29 is 18.9 Å². The van der Waals surface area contributed by atoms with Gasteiger partial charge in [0.25, 0.3) is 0 Å². The molecule has 0 saturated carbocycles. The molecule has 0 aliphatic carbocycles. The molecular formula is C7H15NO4P. The van der Waals surface area contributed by atoms with Crippen LogP contribution in [0, 0.1) is 5.92 Å². The lowest BCUT2D eigenvalue weighted by atomic mass is 9.95. The van der Waals surface area contributed by atoms with Crippen LogP contribution in [0.3, 0.4) is 0 Å². The fraction of sp³-hybridized carbons (Fsp3) is 1.00. The number of rotatable bonds is 4. The van der Waals surface area contributed by atoms with Crippen molar-refractivity contribution in [3.8, 4) is 0 Å². The third-order valence-electron chi connectivity index (χ3n) is 2.18. The fourth-order valence-electron chi connectivity index (χ4n) is 1.43. The van der Waals surface area contributed by atoms with Crippen molar-refractivity contribution >= 4 is 7.82 Å². The second-order valence-corrected chi connectivity index (χ2v) is 4.47. The highest BCUT2D eigenvalue weighted by molar-refractivity contribution is 7.46. The molecule has 5 nitrogen and oxygen atoms in total. The van der Waals surface area contributed by atoms with Crippen LogP contribution in [-0.4, -0.2) is 29.5 Å². The predicted octanol–water partition coefficient (Wildman–Crippen LogP) is 0.500. The van der Waals surface area contributed by atoms with Crippen LogP contribution in [0.2, 0.25) is 0 Å². The molecule has 0 unspecified atom stereocenters. The summed E-state index contributed by atoms with van der Waals surface area (Å²) in [5.74, 6) is 0.518. The van der Waals surface area contributed by atoms with Gasteiger partial charge in [-0.2, -0.15) is 0 Å². The van der Waals surface area contributed by atoms with E-state index in [2.05, 4.69) is 9.84 Å². The molecule has 1 aliphatic heterocycles. The molecule has 1 rings (SSSR count). The first-order chi connectivity index (χ1) is 6.08. The van der Waals surface area contributed by atoms with Crippen LogP contribution >= 0.6 is 7.82 Å². The molecule has 0 spiro atoms. The second kappa shape index (κ2) is 5.08. The molecule has 0 bridgehead atoms. The highest BCUT2D eigenvalue weighted by atomic mass is 31.2. The van der Waals surface area contributed by atoms with E-state index >= 15 is 0 Å². The van der Waals surface area contributed by atoms with E-state index in [1.807, 2.05) is 0 Å². The van der Waals surface area contributed by atoms with Gasteiger partial charge in [0.2, 0.25) is 0 Å². The van der Waals surface area contributed by atoms with Crippen molar-refractivity contribution in [1.29, 1.82) is 0 Å². The van der Waals surface area contributed by atoms with Crippen LogP contribution in [-0.2, 0) is 9.09 Å². The minimum absolute atomic E-state index is 0.148. The lowest BCUT2D eigenvalue weighted by molar-refractivity contribution is 0.177. The Kier molecular flexibility index (Phi) is 4.35. The average Bonchev–Trinajstić information content (AvgIpc) is 2.04. The number of phosphoric ester groups is 1. The Hall–Kier alpha value is 0.0700. The van der Waals surface area contributed by atoms with Gasteiger partial charge in [-0.3, -0.25) is 4.52 Å². The van der Waals surface area contributed by atoms with Crippen molar-refractivity contribution in [3.05, 3.63) is 0 Å². The highest BCUT2D eigenvalue weighted by Gasteiger charge is 2.17. The van der Waals surface area contributed by atoms with Gasteiger partial charge in [-0.15, -0.1) is 0 Å². The lowest BCUT2D eigenvalue weighted by Crippen LogP contribution is -2.23. The van der Waals surface area contributed by atoms with Crippen molar-refractivity contribution in [1.82, 2.24) is 5.32 Å². The monoisotopic (exact) mass is 208 g/mol. The minimum atomic E-state index is -4.26. The van der Waals surface area contributed by atoms with Gasteiger partial charge in [0.15, 0.2) is 0 Å². The first-order valence-corrected chi connectivity index (χ1v) is 5.94. The van der Waals surface area contributed by atoms with Gasteiger partial charge in [0, 0.05) is 13.1 Å². The third-order valence-corrected chi connectivity index (χ3v) is 2.70. The second-order valence-electron chi connectivity index (χ2n) is 3.23. The number of phosphoric acid groups is 1. The molecule has 0 aromatic heterocycles. The Balaban J connectivity index is 2.08. The molecule has 0 aromatic rings. The molecule has 77 valence electrons.